The Morgan fingerprint density at radius 2 is 1.94 bits per heavy atom. The Morgan fingerprint density at radius 3 is 2.71 bits per heavy atom. The second-order valence-electron chi connectivity index (χ2n) is 11.0. The Labute approximate surface area is 188 Å². The Bertz CT molecular complexity index is 867. The molecule has 0 radical (unpaired) electrons. The molecule has 4 aliphatic carbocycles. The van der Waals surface area contributed by atoms with Crippen LogP contribution in [0.5, 0.6) is 0 Å². The van der Waals surface area contributed by atoms with E-state index in [0.717, 1.165) is 64.5 Å². The number of rotatable bonds is 2. The van der Waals surface area contributed by atoms with E-state index in [4.69, 9.17) is 0 Å². The van der Waals surface area contributed by atoms with Crippen molar-refractivity contribution in [2.24, 2.45) is 17.3 Å². The van der Waals surface area contributed by atoms with Crippen LogP contribution in [0.25, 0.3) is 0 Å². The number of ketones is 1. The number of fused-ring (bicyclic) bond motifs is 4. The lowest BCUT2D eigenvalue weighted by Crippen LogP contribution is -2.49. The molecule has 1 saturated heterocycles. The van der Waals surface area contributed by atoms with Gasteiger partial charge < -0.3 is 5.11 Å². The average Bonchev–Trinajstić information content (AvgIpc) is 3.05. The van der Waals surface area contributed by atoms with Crippen molar-refractivity contribution >= 4 is 5.78 Å². The molecular weight excluding hydrogens is 382 g/mol. The normalized spacial score (nSPS) is 39.1. The fraction of sp³-hybridized carbons (Fsp3) is 0.750. The van der Waals surface area contributed by atoms with Gasteiger partial charge in [-0.25, -0.2) is 0 Å². The molecule has 168 valence electrons. The van der Waals surface area contributed by atoms with Crippen LogP contribution in [0.15, 0.2) is 22.8 Å². The van der Waals surface area contributed by atoms with Gasteiger partial charge in [0.1, 0.15) is 5.60 Å². The maximum Gasteiger partial charge on any atom is 0.156 e. The zero-order valence-corrected chi connectivity index (χ0v) is 19.5. The zero-order valence-electron chi connectivity index (χ0n) is 19.5. The van der Waals surface area contributed by atoms with E-state index in [2.05, 4.69) is 30.6 Å². The Kier molecular flexibility index (Phi) is 5.68. The van der Waals surface area contributed by atoms with Crippen LogP contribution in [0, 0.1) is 29.1 Å². The molecule has 3 fully saturated rings. The van der Waals surface area contributed by atoms with Gasteiger partial charge in [0.15, 0.2) is 5.78 Å². The average molecular weight is 422 g/mol. The van der Waals surface area contributed by atoms with E-state index in [1.807, 2.05) is 6.08 Å². The summed E-state index contributed by atoms with van der Waals surface area (Å²) in [5.41, 5.74) is 3.50. The number of piperidine rings is 1. The lowest BCUT2D eigenvalue weighted by Gasteiger charge is -2.50. The molecule has 0 bridgehead atoms. The maximum atomic E-state index is 11.9. The molecule has 5 rings (SSSR count). The molecule has 1 unspecified atom stereocenters. The second-order valence-corrected chi connectivity index (χ2v) is 11.0. The maximum absolute atomic E-state index is 11.9. The number of allylic oxidation sites excluding steroid dienone is 4. The highest BCUT2D eigenvalue weighted by Crippen LogP contribution is 2.63. The third-order valence-electron chi connectivity index (χ3n) is 9.55. The number of aliphatic hydroxyl groups is 1. The molecule has 0 aromatic rings. The van der Waals surface area contributed by atoms with Gasteiger partial charge in [0.2, 0.25) is 0 Å². The summed E-state index contributed by atoms with van der Waals surface area (Å²) in [4.78, 5) is 14.5. The Morgan fingerprint density at radius 1 is 1.13 bits per heavy atom. The second kappa shape index (κ2) is 8.20. The highest BCUT2D eigenvalue weighted by Gasteiger charge is 2.60. The molecule has 0 amide bonds. The molecule has 0 aromatic carbocycles. The minimum absolute atomic E-state index is 0.110. The summed E-state index contributed by atoms with van der Waals surface area (Å²) in [7, 11) is 0. The number of carbonyl (C=O) groups is 1. The van der Waals surface area contributed by atoms with E-state index < -0.39 is 5.60 Å². The molecule has 3 nitrogen and oxygen atoms in total. The minimum Gasteiger partial charge on any atom is -0.377 e. The Balaban J connectivity index is 1.40. The molecule has 1 N–H and O–H groups in total. The van der Waals surface area contributed by atoms with Crippen molar-refractivity contribution in [2.45, 2.75) is 103 Å². The van der Waals surface area contributed by atoms with E-state index in [1.54, 1.807) is 5.57 Å². The molecule has 31 heavy (non-hydrogen) atoms. The first-order valence-corrected chi connectivity index (χ1v) is 12.9. The summed E-state index contributed by atoms with van der Waals surface area (Å²) < 4.78 is 0. The predicted molar refractivity (Wildman–Crippen MR) is 124 cm³/mol. The molecule has 2 saturated carbocycles. The van der Waals surface area contributed by atoms with Crippen LogP contribution in [0.4, 0.5) is 0 Å². The van der Waals surface area contributed by atoms with E-state index in [-0.39, 0.29) is 11.5 Å². The first-order valence-electron chi connectivity index (χ1n) is 12.9. The van der Waals surface area contributed by atoms with E-state index in [0.29, 0.717) is 24.0 Å². The van der Waals surface area contributed by atoms with Crippen molar-refractivity contribution in [3.05, 3.63) is 22.8 Å². The molecule has 5 aliphatic rings. The summed E-state index contributed by atoms with van der Waals surface area (Å²) in [5, 5.41) is 11.9. The van der Waals surface area contributed by atoms with Crippen molar-refractivity contribution in [2.75, 3.05) is 13.1 Å². The number of carbonyl (C=O) groups excluding carboxylic acids is 1. The molecule has 1 aliphatic heterocycles. The van der Waals surface area contributed by atoms with Crippen LogP contribution < -0.4 is 0 Å². The standard InChI is InChI=1S/C28H39NO2/c1-3-21(29-17-5-4-6-18-29)11-15-28(31)16-13-26-25-9-7-20-19-22(30)8-10-23(20)24(25)12-14-27(26,28)2/h19,21,25-26,31H,3-10,12-14,16-18H2,1-2H3/t21?,25-,26+,27+,28+/m1/s1. The summed E-state index contributed by atoms with van der Waals surface area (Å²) in [6.07, 6.45) is 14.7. The summed E-state index contributed by atoms with van der Waals surface area (Å²) in [6, 6.07) is 0.287. The van der Waals surface area contributed by atoms with Gasteiger partial charge in [0.25, 0.3) is 0 Å². The van der Waals surface area contributed by atoms with Crippen molar-refractivity contribution in [3.63, 3.8) is 0 Å². The largest absolute Gasteiger partial charge is 0.377 e. The van der Waals surface area contributed by atoms with Crippen LogP contribution in [0.3, 0.4) is 0 Å². The molecule has 0 spiro atoms. The summed E-state index contributed by atoms with van der Waals surface area (Å²) in [6.45, 7) is 6.88. The van der Waals surface area contributed by atoms with E-state index in [9.17, 15) is 9.90 Å². The molecular formula is C28H39NO2. The monoisotopic (exact) mass is 421 g/mol. The van der Waals surface area contributed by atoms with Crippen LogP contribution in [0.1, 0.15) is 90.9 Å². The number of likely N-dealkylation sites (tertiary alicyclic amines) is 1. The fourth-order valence-electron chi connectivity index (χ4n) is 7.64. The lowest BCUT2D eigenvalue weighted by atomic mass is 9.55. The predicted octanol–water partition coefficient (Wildman–Crippen LogP) is 5.19. The summed E-state index contributed by atoms with van der Waals surface area (Å²) >= 11 is 0. The van der Waals surface area contributed by atoms with Crippen molar-refractivity contribution in [3.8, 4) is 11.8 Å². The third-order valence-corrected chi connectivity index (χ3v) is 9.55. The summed E-state index contributed by atoms with van der Waals surface area (Å²) in [5.74, 6) is 8.48. The Hall–Kier alpha value is -1.37. The van der Waals surface area contributed by atoms with E-state index in [1.165, 1.54) is 30.4 Å². The first kappa shape index (κ1) is 21.5. The molecule has 0 aromatic heterocycles. The topological polar surface area (TPSA) is 40.5 Å². The fourth-order valence-corrected chi connectivity index (χ4v) is 7.64. The quantitative estimate of drug-likeness (QED) is 0.624. The van der Waals surface area contributed by atoms with Crippen LogP contribution in [-0.4, -0.2) is 40.5 Å². The SMILES string of the molecule is CCC(C#C[C@]1(O)CC[C@H]2[C@@H]3CCC4=CC(=O)CCC4=C3CC[C@@]21C)N1CCCCC1. The van der Waals surface area contributed by atoms with Gasteiger partial charge in [-0.3, -0.25) is 9.69 Å². The van der Waals surface area contributed by atoms with Gasteiger partial charge in [-0.15, -0.1) is 0 Å². The first-order chi connectivity index (χ1) is 14.9. The van der Waals surface area contributed by atoms with Gasteiger partial charge in [-0.2, -0.15) is 0 Å². The molecule has 3 heteroatoms. The minimum atomic E-state index is -0.851. The van der Waals surface area contributed by atoms with Crippen LogP contribution in [-0.2, 0) is 4.79 Å². The number of nitrogens with zero attached hydrogens (tertiary/aromatic N) is 1. The number of hydrogen-bond donors (Lipinski definition) is 1. The lowest BCUT2D eigenvalue weighted by molar-refractivity contribution is -0.114. The van der Waals surface area contributed by atoms with Gasteiger partial charge in [0.05, 0.1) is 6.04 Å². The highest BCUT2D eigenvalue weighted by atomic mass is 16.3. The van der Waals surface area contributed by atoms with Gasteiger partial charge in [-0.1, -0.05) is 37.7 Å². The van der Waals surface area contributed by atoms with Crippen molar-refractivity contribution in [1.29, 1.82) is 0 Å². The smallest absolute Gasteiger partial charge is 0.156 e. The number of hydrogen-bond acceptors (Lipinski definition) is 3. The van der Waals surface area contributed by atoms with Gasteiger partial charge >= 0.3 is 0 Å². The van der Waals surface area contributed by atoms with Crippen molar-refractivity contribution in [1.82, 2.24) is 4.90 Å². The van der Waals surface area contributed by atoms with Gasteiger partial charge in [0, 0.05) is 11.8 Å². The highest BCUT2D eigenvalue weighted by molar-refractivity contribution is 5.93. The van der Waals surface area contributed by atoms with Crippen LogP contribution >= 0.6 is 0 Å². The van der Waals surface area contributed by atoms with E-state index >= 15 is 0 Å². The molecule has 5 atom stereocenters. The van der Waals surface area contributed by atoms with Crippen molar-refractivity contribution < 1.29 is 9.90 Å². The van der Waals surface area contributed by atoms with Gasteiger partial charge in [-0.05, 0) is 106 Å². The van der Waals surface area contributed by atoms with Crippen LogP contribution in [0.2, 0.25) is 0 Å². The zero-order chi connectivity index (χ0) is 21.6. The third kappa shape index (κ3) is 3.55. The molecule has 1 heterocycles.